The number of rotatable bonds is 5. The summed E-state index contributed by atoms with van der Waals surface area (Å²) >= 11 is 0. The molecule has 3 rings (SSSR count). The van der Waals surface area contributed by atoms with Crippen molar-refractivity contribution in [2.45, 2.75) is 19.9 Å². The van der Waals surface area contributed by atoms with E-state index in [9.17, 15) is 19.2 Å². The molecule has 1 aromatic heterocycles. The number of nitrogens with one attached hydrogen (secondary N) is 1. The molecule has 0 spiro atoms. The van der Waals surface area contributed by atoms with Crippen LogP contribution in [0.4, 0.5) is 4.79 Å². The van der Waals surface area contributed by atoms with Crippen LogP contribution in [-0.2, 0) is 14.4 Å². The Morgan fingerprint density at radius 3 is 2.48 bits per heavy atom. The summed E-state index contributed by atoms with van der Waals surface area (Å²) in [6.45, 7) is 2.88. The summed E-state index contributed by atoms with van der Waals surface area (Å²) in [5.41, 5.74) is 0.702. The Hall–Kier alpha value is -3.16. The molecule has 1 N–H and O–H groups in total. The van der Waals surface area contributed by atoms with Crippen LogP contribution in [0.3, 0.4) is 0 Å². The van der Waals surface area contributed by atoms with E-state index in [1.54, 1.807) is 13.8 Å². The van der Waals surface area contributed by atoms with Crippen molar-refractivity contribution >= 4 is 34.7 Å². The molecule has 130 valence electrons. The Bertz CT molecular complexity index is 839. The lowest BCUT2D eigenvalue weighted by atomic mass is 10.2. The van der Waals surface area contributed by atoms with E-state index in [2.05, 4.69) is 5.32 Å². The molecule has 25 heavy (non-hydrogen) atoms. The molecule has 8 nitrogen and oxygen atoms in total. The topological polar surface area (TPSA) is 99.9 Å². The number of nitrogens with zero attached hydrogens (tertiary/aromatic N) is 2. The van der Waals surface area contributed by atoms with E-state index in [-0.39, 0.29) is 6.54 Å². The Kier molecular flexibility index (Phi) is 4.26. The van der Waals surface area contributed by atoms with Gasteiger partial charge in [0.15, 0.2) is 0 Å². The van der Waals surface area contributed by atoms with Crippen molar-refractivity contribution in [3.63, 3.8) is 0 Å². The Morgan fingerprint density at radius 1 is 1.16 bits per heavy atom. The van der Waals surface area contributed by atoms with E-state index in [4.69, 9.17) is 4.42 Å². The van der Waals surface area contributed by atoms with Gasteiger partial charge in [-0.2, -0.15) is 0 Å². The highest BCUT2D eigenvalue weighted by Crippen LogP contribution is 2.23. The Labute approximate surface area is 143 Å². The fraction of sp³-hybridized carbons (Fsp3) is 0.294. The molecule has 5 amide bonds. The monoisotopic (exact) mass is 343 g/mol. The van der Waals surface area contributed by atoms with Gasteiger partial charge in [-0.05, 0) is 26.0 Å². The van der Waals surface area contributed by atoms with Crippen LogP contribution in [0.15, 0.2) is 34.7 Å². The van der Waals surface area contributed by atoms with Crippen LogP contribution in [0.2, 0.25) is 0 Å². The smallest absolute Gasteiger partial charge is 0.334 e. The number of carbonyl (C=O) groups is 4. The van der Waals surface area contributed by atoms with Crippen molar-refractivity contribution in [2.24, 2.45) is 0 Å². The third kappa shape index (κ3) is 2.98. The highest BCUT2D eigenvalue weighted by atomic mass is 16.3. The minimum absolute atomic E-state index is 0.0803. The summed E-state index contributed by atoms with van der Waals surface area (Å²) in [6, 6.07) is 8.03. The molecule has 1 fully saturated rings. The van der Waals surface area contributed by atoms with E-state index in [0.717, 1.165) is 10.3 Å². The summed E-state index contributed by atoms with van der Waals surface area (Å²) in [5, 5.41) is 3.57. The van der Waals surface area contributed by atoms with Crippen molar-refractivity contribution in [3.05, 3.63) is 36.1 Å². The maximum Gasteiger partial charge on any atom is 0.334 e. The van der Waals surface area contributed by atoms with Gasteiger partial charge < -0.3 is 9.73 Å². The summed E-state index contributed by atoms with van der Waals surface area (Å²) in [4.78, 5) is 49.0. The fourth-order valence-electron chi connectivity index (χ4n) is 2.69. The normalized spacial score (nSPS) is 16.0. The molecular weight excluding hydrogens is 326 g/mol. The van der Waals surface area contributed by atoms with Crippen LogP contribution >= 0.6 is 0 Å². The van der Waals surface area contributed by atoms with Crippen LogP contribution in [0, 0.1) is 0 Å². The van der Waals surface area contributed by atoms with Crippen molar-refractivity contribution < 1.29 is 23.6 Å². The van der Waals surface area contributed by atoms with Gasteiger partial charge >= 0.3 is 17.8 Å². The van der Waals surface area contributed by atoms with Crippen LogP contribution < -0.4 is 5.32 Å². The molecule has 1 atom stereocenters. The minimum Gasteiger partial charge on any atom is -0.459 e. The number of imide groups is 2. The lowest BCUT2D eigenvalue weighted by molar-refractivity contribution is -0.144. The second-order valence-corrected chi connectivity index (χ2v) is 5.70. The molecule has 1 saturated heterocycles. The number of fused-ring (bicyclic) bond motifs is 1. The van der Waals surface area contributed by atoms with Crippen molar-refractivity contribution in [1.82, 2.24) is 15.1 Å². The van der Waals surface area contributed by atoms with Crippen molar-refractivity contribution in [3.8, 4) is 0 Å². The first kappa shape index (κ1) is 16.7. The Morgan fingerprint density at radius 2 is 1.84 bits per heavy atom. The lowest BCUT2D eigenvalue weighted by Gasteiger charge is -2.16. The van der Waals surface area contributed by atoms with Gasteiger partial charge in [-0.25, -0.2) is 9.69 Å². The predicted octanol–water partition coefficient (Wildman–Crippen LogP) is 1.42. The van der Waals surface area contributed by atoms with Crippen molar-refractivity contribution in [1.29, 1.82) is 0 Å². The van der Waals surface area contributed by atoms with Gasteiger partial charge in [-0.1, -0.05) is 18.2 Å². The number of carbonyl (C=O) groups excluding carboxylic acids is 4. The first-order valence-electron chi connectivity index (χ1n) is 7.87. The van der Waals surface area contributed by atoms with Crippen LogP contribution in [0.25, 0.3) is 11.0 Å². The maximum absolute atomic E-state index is 12.2. The standard InChI is InChI=1S/C17H17N3O5/c1-3-19-15(22)16(23)20(17(19)24)9-14(21)18-10(2)13-8-11-6-4-5-7-12(11)25-13/h4-8,10H,3,9H2,1-2H3,(H,18,21)/t10-/m1/s1. The molecule has 0 aliphatic carbocycles. The molecule has 8 heteroatoms. The third-order valence-electron chi connectivity index (χ3n) is 4.00. The fourth-order valence-corrected chi connectivity index (χ4v) is 2.69. The second-order valence-electron chi connectivity index (χ2n) is 5.70. The highest BCUT2D eigenvalue weighted by molar-refractivity contribution is 6.45. The van der Waals surface area contributed by atoms with Gasteiger partial charge in [0.2, 0.25) is 5.91 Å². The molecule has 1 aromatic carbocycles. The lowest BCUT2D eigenvalue weighted by Crippen LogP contribution is -2.42. The molecule has 0 bridgehead atoms. The first-order chi connectivity index (χ1) is 11.9. The zero-order valence-corrected chi connectivity index (χ0v) is 13.8. The van der Waals surface area contributed by atoms with E-state index in [1.807, 2.05) is 30.3 Å². The summed E-state index contributed by atoms with van der Waals surface area (Å²) in [5.74, 6) is -1.90. The molecule has 2 heterocycles. The average Bonchev–Trinajstić information content (AvgIpc) is 3.10. The van der Waals surface area contributed by atoms with E-state index in [0.29, 0.717) is 16.2 Å². The molecule has 0 saturated carbocycles. The van der Waals surface area contributed by atoms with E-state index in [1.165, 1.54) is 0 Å². The molecule has 2 aromatic rings. The van der Waals surface area contributed by atoms with Crippen LogP contribution in [0.1, 0.15) is 25.6 Å². The number of hydrogen-bond donors (Lipinski definition) is 1. The van der Waals surface area contributed by atoms with E-state index < -0.39 is 36.3 Å². The SMILES string of the molecule is CCN1C(=O)C(=O)N(CC(=O)N[C@H](C)c2cc3ccccc3o2)C1=O. The van der Waals surface area contributed by atoms with Gasteiger partial charge in [0.05, 0.1) is 6.04 Å². The predicted molar refractivity (Wildman–Crippen MR) is 87.3 cm³/mol. The molecular formula is C17H17N3O5. The number of urea groups is 1. The zero-order valence-electron chi connectivity index (χ0n) is 13.8. The average molecular weight is 343 g/mol. The number of para-hydroxylation sites is 1. The summed E-state index contributed by atoms with van der Waals surface area (Å²) in [6.07, 6.45) is 0. The zero-order chi connectivity index (χ0) is 18.1. The largest absolute Gasteiger partial charge is 0.459 e. The Balaban J connectivity index is 1.67. The van der Waals surface area contributed by atoms with Gasteiger partial charge in [0.25, 0.3) is 0 Å². The summed E-state index contributed by atoms with van der Waals surface area (Å²) < 4.78 is 5.67. The number of benzene rings is 1. The van der Waals surface area contributed by atoms with Gasteiger partial charge in [-0.3, -0.25) is 19.3 Å². The minimum atomic E-state index is -0.988. The van der Waals surface area contributed by atoms with E-state index >= 15 is 0 Å². The highest BCUT2D eigenvalue weighted by Gasteiger charge is 2.44. The maximum atomic E-state index is 12.2. The molecule has 1 aliphatic heterocycles. The number of likely N-dealkylation sites (N-methyl/N-ethyl adjacent to an activating group) is 1. The molecule has 1 aliphatic rings. The van der Waals surface area contributed by atoms with Gasteiger partial charge in [-0.15, -0.1) is 0 Å². The van der Waals surface area contributed by atoms with Gasteiger partial charge in [0, 0.05) is 11.9 Å². The molecule has 0 unspecified atom stereocenters. The van der Waals surface area contributed by atoms with Crippen LogP contribution in [-0.4, -0.2) is 46.6 Å². The van der Waals surface area contributed by atoms with Crippen molar-refractivity contribution in [2.75, 3.05) is 13.1 Å². The number of furan rings is 1. The van der Waals surface area contributed by atoms with Gasteiger partial charge in [0.1, 0.15) is 17.9 Å². The third-order valence-corrected chi connectivity index (χ3v) is 4.00. The number of amides is 5. The summed E-state index contributed by atoms with van der Waals surface area (Å²) in [7, 11) is 0. The molecule has 0 radical (unpaired) electrons. The number of hydrogen-bond acceptors (Lipinski definition) is 5. The first-order valence-corrected chi connectivity index (χ1v) is 7.87. The second kappa shape index (κ2) is 6.39. The van der Waals surface area contributed by atoms with Crippen LogP contribution in [0.5, 0.6) is 0 Å². The quantitative estimate of drug-likeness (QED) is 0.654.